The summed E-state index contributed by atoms with van der Waals surface area (Å²) in [4.78, 5) is 14.5. The Labute approximate surface area is 154 Å². The molecule has 134 valence electrons. The van der Waals surface area contributed by atoms with Gasteiger partial charge in [-0.3, -0.25) is 4.79 Å². The van der Waals surface area contributed by atoms with Crippen LogP contribution in [-0.4, -0.2) is 28.8 Å². The Kier molecular flexibility index (Phi) is 4.55. The van der Waals surface area contributed by atoms with Crippen LogP contribution in [0.15, 0.2) is 45.3 Å². The number of nitrogens with zero attached hydrogens (tertiary/aromatic N) is 2. The van der Waals surface area contributed by atoms with Crippen molar-refractivity contribution in [3.63, 3.8) is 0 Å². The van der Waals surface area contributed by atoms with Gasteiger partial charge in [-0.25, -0.2) is 4.39 Å². The molecule has 0 radical (unpaired) electrons. The van der Waals surface area contributed by atoms with Crippen molar-refractivity contribution in [1.82, 2.24) is 10.1 Å². The zero-order valence-electron chi connectivity index (χ0n) is 14.2. The van der Waals surface area contributed by atoms with Gasteiger partial charge >= 0.3 is 0 Å². The number of hydrogen-bond acceptors (Lipinski definition) is 5. The van der Waals surface area contributed by atoms with Crippen molar-refractivity contribution >= 4 is 17.7 Å². The lowest BCUT2D eigenvalue weighted by Crippen LogP contribution is -2.35. The summed E-state index contributed by atoms with van der Waals surface area (Å²) in [6, 6.07) is 9.96. The van der Waals surface area contributed by atoms with Gasteiger partial charge in [0.2, 0.25) is 0 Å². The van der Waals surface area contributed by atoms with Crippen LogP contribution in [-0.2, 0) is 18.7 Å². The predicted molar refractivity (Wildman–Crippen MR) is 96.3 cm³/mol. The van der Waals surface area contributed by atoms with Gasteiger partial charge in [-0.2, -0.15) is 11.8 Å². The number of aromatic nitrogens is 1. The van der Waals surface area contributed by atoms with Crippen LogP contribution in [0.2, 0.25) is 0 Å². The number of carbonyl (C=O) groups excluding carboxylic acids is 1. The van der Waals surface area contributed by atoms with Gasteiger partial charge in [0.15, 0.2) is 5.76 Å². The topological polar surface area (TPSA) is 59.5 Å². The summed E-state index contributed by atoms with van der Waals surface area (Å²) in [6.07, 6.45) is 2.52. The van der Waals surface area contributed by atoms with Crippen molar-refractivity contribution < 1.29 is 18.1 Å². The van der Waals surface area contributed by atoms with Crippen LogP contribution in [0.1, 0.15) is 27.6 Å². The van der Waals surface area contributed by atoms with Crippen molar-refractivity contribution in [3.05, 3.63) is 65.1 Å². The van der Waals surface area contributed by atoms with E-state index in [1.165, 1.54) is 6.07 Å². The smallest absolute Gasteiger partial charge is 0.289 e. The van der Waals surface area contributed by atoms with E-state index < -0.39 is 0 Å². The Bertz CT molecular complexity index is 950. The van der Waals surface area contributed by atoms with Crippen LogP contribution in [0.3, 0.4) is 0 Å². The Morgan fingerprint density at radius 2 is 2.15 bits per heavy atom. The largest absolute Gasteiger partial charge is 0.455 e. The molecule has 1 aliphatic rings. The zero-order chi connectivity index (χ0) is 18.1. The molecular weight excluding hydrogens is 355 g/mol. The molecule has 0 aliphatic carbocycles. The third-order valence-corrected chi connectivity index (χ3v) is 4.98. The van der Waals surface area contributed by atoms with Crippen molar-refractivity contribution in [3.8, 4) is 11.3 Å². The lowest BCUT2D eigenvalue weighted by atomic mass is 10.0. The van der Waals surface area contributed by atoms with E-state index in [1.807, 2.05) is 12.3 Å². The van der Waals surface area contributed by atoms with Crippen molar-refractivity contribution in [1.29, 1.82) is 0 Å². The minimum atomic E-state index is -0.361. The fourth-order valence-corrected chi connectivity index (χ4v) is 3.56. The quantitative estimate of drug-likeness (QED) is 0.689. The predicted octanol–water partition coefficient (Wildman–Crippen LogP) is 4.14. The molecule has 5 nitrogen and oxygen atoms in total. The third-order valence-electron chi connectivity index (χ3n) is 4.40. The van der Waals surface area contributed by atoms with Crippen LogP contribution >= 0.6 is 11.8 Å². The fraction of sp³-hybridized carbons (Fsp3) is 0.263. The summed E-state index contributed by atoms with van der Waals surface area (Å²) < 4.78 is 25.2. The molecule has 0 saturated heterocycles. The molecule has 0 spiro atoms. The molecule has 4 rings (SSSR count). The Morgan fingerprint density at radius 1 is 1.31 bits per heavy atom. The third kappa shape index (κ3) is 3.03. The molecule has 2 aromatic heterocycles. The zero-order valence-corrected chi connectivity index (χ0v) is 15.0. The molecule has 0 unspecified atom stereocenters. The van der Waals surface area contributed by atoms with Crippen molar-refractivity contribution in [2.45, 2.75) is 18.7 Å². The Hall–Kier alpha value is -2.54. The number of amides is 1. The molecule has 1 aliphatic heterocycles. The van der Waals surface area contributed by atoms with Gasteiger partial charge in [0.25, 0.3) is 5.91 Å². The second kappa shape index (κ2) is 6.99. The standard InChI is InChI=1S/C19H17FN2O3S/c1-26-11-12-6-7-17(24-12)19(23)22-9-8-16-14(10-22)18(21-25-16)13-4-2-3-5-15(13)20/h2-7H,8-11H2,1H3. The molecule has 0 saturated carbocycles. The van der Waals surface area contributed by atoms with Gasteiger partial charge in [0, 0.05) is 24.1 Å². The van der Waals surface area contributed by atoms with E-state index in [1.54, 1.807) is 40.9 Å². The molecule has 7 heteroatoms. The summed E-state index contributed by atoms with van der Waals surface area (Å²) in [6.45, 7) is 0.830. The molecule has 1 amide bonds. The second-order valence-corrected chi connectivity index (χ2v) is 6.95. The first-order chi connectivity index (χ1) is 12.7. The molecule has 26 heavy (non-hydrogen) atoms. The molecule has 0 bridgehead atoms. The second-order valence-electron chi connectivity index (χ2n) is 6.09. The maximum absolute atomic E-state index is 14.1. The van der Waals surface area contributed by atoms with Gasteiger partial charge in [-0.1, -0.05) is 17.3 Å². The molecule has 3 aromatic rings. The summed E-state index contributed by atoms with van der Waals surface area (Å²) in [5, 5.41) is 4.04. The van der Waals surface area contributed by atoms with E-state index in [9.17, 15) is 9.18 Å². The van der Waals surface area contributed by atoms with Crippen molar-refractivity contribution in [2.24, 2.45) is 0 Å². The number of hydrogen-bond donors (Lipinski definition) is 0. The van der Waals surface area contributed by atoms with E-state index in [-0.39, 0.29) is 11.7 Å². The number of benzene rings is 1. The maximum atomic E-state index is 14.1. The minimum absolute atomic E-state index is 0.177. The number of halogens is 1. The number of rotatable bonds is 4. The lowest BCUT2D eigenvalue weighted by molar-refractivity contribution is 0.0695. The van der Waals surface area contributed by atoms with E-state index in [0.717, 1.165) is 17.1 Å². The molecule has 3 heterocycles. The summed E-state index contributed by atoms with van der Waals surface area (Å²) in [5.74, 6) is 1.98. The van der Waals surface area contributed by atoms with Crippen LogP contribution in [0.5, 0.6) is 0 Å². The maximum Gasteiger partial charge on any atom is 0.289 e. The monoisotopic (exact) mass is 372 g/mol. The average molecular weight is 372 g/mol. The SMILES string of the molecule is CSCc1ccc(C(=O)N2CCc3onc(-c4ccccc4F)c3C2)o1. The summed E-state index contributed by atoms with van der Waals surface area (Å²) >= 11 is 1.63. The number of thioether (sulfide) groups is 1. The molecule has 1 aromatic carbocycles. The average Bonchev–Trinajstić information content (AvgIpc) is 3.28. The van der Waals surface area contributed by atoms with Crippen LogP contribution < -0.4 is 0 Å². The molecule has 0 atom stereocenters. The Balaban J connectivity index is 1.60. The summed E-state index contributed by atoms with van der Waals surface area (Å²) in [7, 11) is 0. The van der Waals surface area contributed by atoms with Gasteiger partial charge in [0.05, 0.1) is 12.3 Å². The lowest BCUT2D eigenvalue weighted by Gasteiger charge is -2.25. The first kappa shape index (κ1) is 16.9. The van der Waals surface area contributed by atoms with Crippen molar-refractivity contribution in [2.75, 3.05) is 12.8 Å². The Morgan fingerprint density at radius 3 is 2.96 bits per heavy atom. The normalized spacial score (nSPS) is 13.7. The van der Waals surface area contributed by atoms with E-state index >= 15 is 0 Å². The number of fused-ring (bicyclic) bond motifs is 1. The number of furan rings is 1. The highest BCUT2D eigenvalue weighted by Gasteiger charge is 2.30. The highest BCUT2D eigenvalue weighted by molar-refractivity contribution is 7.97. The van der Waals surface area contributed by atoms with Crippen LogP contribution in [0.4, 0.5) is 4.39 Å². The highest BCUT2D eigenvalue weighted by atomic mass is 32.2. The fourth-order valence-electron chi connectivity index (χ4n) is 3.12. The highest BCUT2D eigenvalue weighted by Crippen LogP contribution is 2.32. The summed E-state index contributed by atoms with van der Waals surface area (Å²) in [5.41, 5.74) is 1.59. The molecule has 0 fully saturated rings. The van der Waals surface area contributed by atoms with Gasteiger partial charge < -0.3 is 13.8 Å². The first-order valence-electron chi connectivity index (χ1n) is 8.26. The van der Waals surface area contributed by atoms with Gasteiger partial charge in [-0.15, -0.1) is 0 Å². The minimum Gasteiger partial charge on any atom is -0.455 e. The first-order valence-corrected chi connectivity index (χ1v) is 9.66. The van der Waals surface area contributed by atoms with E-state index in [0.29, 0.717) is 42.3 Å². The van der Waals surface area contributed by atoms with Crippen LogP contribution in [0, 0.1) is 5.82 Å². The number of carbonyl (C=O) groups is 1. The van der Waals surface area contributed by atoms with Crippen LogP contribution in [0.25, 0.3) is 11.3 Å². The van der Waals surface area contributed by atoms with E-state index in [2.05, 4.69) is 5.16 Å². The van der Waals surface area contributed by atoms with Gasteiger partial charge in [0.1, 0.15) is 23.0 Å². The van der Waals surface area contributed by atoms with E-state index in [4.69, 9.17) is 8.94 Å². The van der Waals surface area contributed by atoms with Gasteiger partial charge in [-0.05, 0) is 30.5 Å². The molecule has 0 N–H and O–H groups in total. The molecular formula is C19H17FN2O3S.